The fourth-order valence-electron chi connectivity index (χ4n) is 3.66. The van der Waals surface area contributed by atoms with Gasteiger partial charge in [0.25, 0.3) is 0 Å². The number of hydrogen-bond acceptors (Lipinski definition) is 1. The largest absolute Gasteiger partial charge is 0.497 e. The number of methoxy groups -OCH3 is 1. The normalized spacial score (nSPS) is 10.8. The molecule has 0 aromatic heterocycles. The fraction of sp³-hybridized carbons (Fsp3) is 0.0400. The van der Waals surface area contributed by atoms with Crippen LogP contribution in [-0.2, 0) is 0 Å². The topological polar surface area (TPSA) is 9.23 Å². The third-order valence-electron chi connectivity index (χ3n) is 4.89. The van der Waals surface area contributed by atoms with Crippen molar-refractivity contribution in [3.8, 4) is 5.75 Å². The van der Waals surface area contributed by atoms with Gasteiger partial charge in [0.1, 0.15) is 34.2 Å². The third kappa shape index (κ3) is 3.63. The van der Waals surface area contributed by atoms with E-state index in [9.17, 15) is 0 Å². The second-order valence-corrected chi connectivity index (χ2v) is 9.78. The van der Waals surface area contributed by atoms with Gasteiger partial charge in [-0.3, -0.25) is 0 Å². The Kier molecular flexibility index (Phi) is 6.67. The Morgan fingerprint density at radius 3 is 1.11 bits per heavy atom. The van der Waals surface area contributed by atoms with E-state index in [1.165, 1.54) is 21.2 Å². The van der Waals surface area contributed by atoms with E-state index < -0.39 is 7.26 Å². The molecule has 0 spiro atoms. The highest BCUT2D eigenvalue weighted by Gasteiger charge is 2.47. The number of benzene rings is 4. The predicted molar refractivity (Wildman–Crippen MR) is 128 cm³/mol. The lowest BCUT2D eigenvalue weighted by molar-refractivity contribution is 0.415. The van der Waals surface area contributed by atoms with E-state index in [0.29, 0.717) is 0 Å². The lowest BCUT2D eigenvalue weighted by Crippen LogP contribution is -2.38. The van der Waals surface area contributed by atoms with Gasteiger partial charge in [-0.25, -0.2) is 0 Å². The maximum atomic E-state index is 5.41. The van der Waals surface area contributed by atoms with Crippen LogP contribution in [0.25, 0.3) is 0 Å². The summed E-state index contributed by atoms with van der Waals surface area (Å²) < 4.78 is 5.41. The Morgan fingerprint density at radius 2 is 0.786 bits per heavy atom. The van der Waals surface area contributed by atoms with Crippen molar-refractivity contribution in [2.24, 2.45) is 0 Å². The molecule has 140 valence electrons. The summed E-state index contributed by atoms with van der Waals surface area (Å²) in [6, 6.07) is 41.2. The molecular weight excluding hydrogens is 427 g/mol. The lowest BCUT2D eigenvalue weighted by atomic mass is 10.3. The molecule has 3 heteroatoms. The van der Waals surface area contributed by atoms with Gasteiger partial charge in [0, 0.05) is 0 Å². The van der Waals surface area contributed by atoms with Crippen LogP contribution in [0.3, 0.4) is 0 Å². The van der Waals surface area contributed by atoms with E-state index in [1.807, 2.05) is 0 Å². The van der Waals surface area contributed by atoms with Gasteiger partial charge in [-0.05, 0) is 60.7 Å². The van der Waals surface area contributed by atoms with Gasteiger partial charge in [0.15, 0.2) is 0 Å². The van der Waals surface area contributed by atoms with Crippen molar-refractivity contribution in [3.05, 3.63) is 115 Å². The zero-order valence-corrected chi connectivity index (χ0v) is 18.3. The monoisotopic (exact) mass is 449 g/mol. The van der Waals surface area contributed by atoms with Gasteiger partial charge in [-0.1, -0.05) is 54.6 Å². The van der Waals surface area contributed by atoms with Gasteiger partial charge in [-0.2, -0.15) is 0 Å². The zero-order valence-electron chi connectivity index (χ0n) is 15.7. The minimum Gasteiger partial charge on any atom is -0.497 e. The van der Waals surface area contributed by atoms with E-state index >= 15 is 0 Å². The number of rotatable bonds is 5. The Balaban J connectivity index is 0.00000225. The van der Waals surface area contributed by atoms with Crippen LogP contribution in [0.4, 0.5) is 0 Å². The standard InChI is InChI=1S/C25H22OP.BrH/c1-26-21-17-19-25(20-18-21)27(22-11-5-2-6-12-22,23-13-7-3-8-14-23)24-15-9-4-10-16-24;/h2-20H,1H3;1H/q+1;. The van der Waals surface area contributed by atoms with Crippen LogP contribution in [0.2, 0.25) is 0 Å². The van der Waals surface area contributed by atoms with Gasteiger partial charge < -0.3 is 4.74 Å². The summed E-state index contributed by atoms with van der Waals surface area (Å²) in [6.07, 6.45) is 0. The molecule has 0 N–H and O–H groups in total. The van der Waals surface area contributed by atoms with Gasteiger partial charge in [-0.15, -0.1) is 17.0 Å². The molecule has 4 aromatic carbocycles. The Hall–Kier alpha value is -2.41. The number of halogens is 1. The average molecular weight is 450 g/mol. The molecule has 0 amide bonds. The summed E-state index contributed by atoms with van der Waals surface area (Å²) in [5, 5.41) is 5.39. The molecule has 0 saturated heterocycles. The van der Waals surface area contributed by atoms with E-state index in [4.69, 9.17) is 4.74 Å². The molecular formula is C25H23BrOP+. The second kappa shape index (κ2) is 9.19. The highest BCUT2D eigenvalue weighted by Crippen LogP contribution is 2.54. The molecule has 0 atom stereocenters. The molecule has 0 bridgehead atoms. The van der Waals surface area contributed by atoms with E-state index in [1.54, 1.807) is 7.11 Å². The van der Waals surface area contributed by atoms with E-state index in [2.05, 4.69) is 115 Å². The van der Waals surface area contributed by atoms with Crippen LogP contribution < -0.4 is 26.0 Å². The molecule has 0 aliphatic rings. The van der Waals surface area contributed by atoms with Crippen LogP contribution in [-0.4, -0.2) is 7.11 Å². The summed E-state index contributed by atoms with van der Waals surface area (Å²) in [4.78, 5) is 0. The molecule has 28 heavy (non-hydrogen) atoms. The summed E-state index contributed by atoms with van der Waals surface area (Å²) in [5.41, 5.74) is 0. The first-order chi connectivity index (χ1) is 13.4. The van der Waals surface area contributed by atoms with Crippen molar-refractivity contribution < 1.29 is 4.74 Å². The number of ether oxygens (including phenoxy) is 1. The molecule has 0 heterocycles. The van der Waals surface area contributed by atoms with Gasteiger partial charge >= 0.3 is 0 Å². The van der Waals surface area contributed by atoms with Crippen molar-refractivity contribution in [1.29, 1.82) is 0 Å². The maximum Gasteiger partial charge on any atom is 0.144 e. The summed E-state index contributed by atoms with van der Waals surface area (Å²) >= 11 is 0. The van der Waals surface area contributed by atoms with E-state index in [0.717, 1.165) is 5.75 Å². The Morgan fingerprint density at radius 1 is 0.464 bits per heavy atom. The lowest BCUT2D eigenvalue weighted by Gasteiger charge is -2.27. The SMILES string of the molecule is Br.COc1ccc([P+](c2ccccc2)(c2ccccc2)c2ccccc2)cc1. The second-order valence-electron chi connectivity index (χ2n) is 6.38. The summed E-state index contributed by atoms with van der Waals surface area (Å²) in [5.74, 6) is 0.881. The van der Waals surface area contributed by atoms with Crippen LogP contribution in [0.15, 0.2) is 115 Å². The van der Waals surface area contributed by atoms with Crippen LogP contribution in [0, 0.1) is 0 Å². The minimum atomic E-state index is -1.99. The van der Waals surface area contributed by atoms with Crippen LogP contribution in [0.1, 0.15) is 0 Å². The Bertz CT molecular complexity index is 890. The molecule has 0 fully saturated rings. The molecule has 4 aromatic rings. The average Bonchev–Trinajstić information content (AvgIpc) is 2.77. The number of hydrogen-bond donors (Lipinski definition) is 0. The first-order valence-electron chi connectivity index (χ1n) is 9.06. The maximum absolute atomic E-state index is 5.41. The molecule has 0 aliphatic heterocycles. The molecule has 0 unspecified atom stereocenters. The van der Waals surface area contributed by atoms with Crippen molar-refractivity contribution in [3.63, 3.8) is 0 Å². The molecule has 0 radical (unpaired) electrons. The molecule has 0 saturated carbocycles. The van der Waals surface area contributed by atoms with Crippen molar-refractivity contribution in [2.75, 3.05) is 7.11 Å². The van der Waals surface area contributed by atoms with Crippen LogP contribution in [0.5, 0.6) is 5.75 Å². The molecule has 4 rings (SSSR count). The highest BCUT2D eigenvalue weighted by atomic mass is 79.9. The summed E-state index contributed by atoms with van der Waals surface area (Å²) in [6.45, 7) is 0. The molecule has 0 aliphatic carbocycles. The first-order valence-corrected chi connectivity index (χ1v) is 10.8. The van der Waals surface area contributed by atoms with Crippen LogP contribution >= 0.6 is 24.2 Å². The Labute approximate surface area is 178 Å². The van der Waals surface area contributed by atoms with Crippen molar-refractivity contribution in [1.82, 2.24) is 0 Å². The van der Waals surface area contributed by atoms with Gasteiger partial charge in [0.05, 0.1) is 7.11 Å². The van der Waals surface area contributed by atoms with Gasteiger partial charge in [0.2, 0.25) is 0 Å². The molecule has 1 nitrogen and oxygen atoms in total. The first kappa shape index (κ1) is 20.3. The quantitative estimate of drug-likeness (QED) is 0.394. The minimum absolute atomic E-state index is 0. The smallest absolute Gasteiger partial charge is 0.144 e. The van der Waals surface area contributed by atoms with Crippen molar-refractivity contribution >= 4 is 45.5 Å². The van der Waals surface area contributed by atoms with Crippen molar-refractivity contribution in [2.45, 2.75) is 0 Å². The fourth-order valence-corrected chi connectivity index (χ4v) is 7.90. The predicted octanol–water partition coefficient (Wildman–Crippen LogP) is 4.89. The highest BCUT2D eigenvalue weighted by molar-refractivity contribution is 8.93. The zero-order chi connectivity index (χ0) is 18.5. The van der Waals surface area contributed by atoms with E-state index in [-0.39, 0.29) is 17.0 Å². The summed E-state index contributed by atoms with van der Waals surface area (Å²) in [7, 11) is -0.280. The third-order valence-corrected chi connectivity index (χ3v) is 9.18.